The second-order valence-corrected chi connectivity index (χ2v) is 5.31. The first kappa shape index (κ1) is 15.1. The molecular weight excluding hydrogens is 292 g/mol. The molecule has 2 unspecified atom stereocenters. The Morgan fingerprint density at radius 1 is 1.29 bits per heavy atom. The molecule has 110 valence electrons. The van der Waals surface area contributed by atoms with E-state index in [2.05, 4.69) is 10.3 Å². The smallest absolute Gasteiger partial charge is 0.355 e. The van der Waals surface area contributed by atoms with Crippen molar-refractivity contribution in [2.75, 3.05) is 0 Å². The molecule has 2 rings (SSSR count). The Morgan fingerprint density at radius 3 is 2.52 bits per heavy atom. The van der Waals surface area contributed by atoms with Gasteiger partial charge in [-0.05, 0) is 12.5 Å². The van der Waals surface area contributed by atoms with E-state index in [9.17, 15) is 14.7 Å². The Balaban J connectivity index is 2.03. The van der Waals surface area contributed by atoms with Gasteiger partial charge in [0.2, 0.25) is 0 Å². The number of carboxylic acid groups (broad SMARTS) is 1. The van der Waals surface area contributed by atoms with E-state index >= 15 is 0 Å². The highest BCUT2D eigenvalue weighted by atomic mass is 32.1. The topological polar surface area (TPSA) is 99.5 Å². The van der Waals surface area contributed by atoms with Crippen molar-refractivity contribution >= 4 is 23.2 Å². The Hall–Kier alpha value is -2.25. The zero-order chi connectivity index (χ0) is 15.4. The Labute approximate surface area is 125 Å². The molecule has 0 radical (unpaired) electrons. The van der Waals surface area contributed by atoms with Gasteiger partial charge in [0.15, 0.2) is 11.8 Å². The molecule has 0 saturated carbocycles. The molecular formula is C14H14N2O4S. The fourth-order valence-corrected chi connectivity index (χ4v) is 2.53. The molecule has 3 N–H and O–H groups in total. The lowest BCUT2D eigenvalue weighted by atomic mass is 10.1. The van der Waals surface area contributed by atoms with Gasteiger partial charge in [0.1, 0.15) is 5.01 Å². The van der Waals surface area contributed by atoms with Crippen LogP contribution in [0.15, 0.2) is 35.7 Å². The lowest BCUT2D eigenvalue weighted by Crippen LogP contribution is -2.31. The van der Waals surface area contributed by atoms with Crippen molar-refractivity contribution in [2.45, 2.75) is 19.1 Å². The van der Waals surface area contributed by atoms with Crippen LogP contribution in [0.25, 0.3) is 0 Å². The Bertz CT molecular complexity index is 641. The van der Waals surface area contributed by atoms with E-state index in [4.69, 9.17) is 5.11 Å². The quantitative estimate of drug-likeness (QED) is 0.781. The second kappa shape index (κ2) is 6.47. The van der Waals surface area contributed by atoms with Gasteiger partial charge < -0.3 is 15.5 Å². The van der Waals surface area contributed by atoms with Crippen LogP contribution in [0.4, 0.5) is 0 Å². The van der Waals surface area contributed by atoms with Gasteiger partial charge >= 0.3 is 5.97 Å². The molecule has 1 heterocycles. The average Bonchev–Trinajstić information content (AvgIpc) is 2.97. The van der Waals surface area contributed by atoms with Crippen LogP contribution in [0.2, 0.25) is 0 Å². The third-order valence-electron chi connectivity index (χ3n) is 2.83. The summed E-state index contributed by atoms with van der Waals surface area (Å²) < 4.78 is 0. The zero-order valence-corrected chi connectivity index (χ0v) is 12.0. The molecule has 2 aromatic rings. The number of thiazole rings is 1. The number of aromatic carboxylic acids is 1. The van der Waals surface area contributed by atoms with Crippen LogP contribution in [-0.4, -0.2) is 27.1 Å². The summed E-state index contributed by atoms with van der Waals surface area (Å²) in [4.78, 5) is 26.7. The number of aliphatic hydroxyl groups is 1. The van der Waals surface area contributed by atoms with E-state index in [-0.39, 0.29) is 5.69 Å². The molecule has 1 aromatic carbocycles. The van der Waals surface area contributed by atoms with Gasteiger partial charge in [-0.1, -0.05) is 30.3 Å². The first-order valence-electron chi connectivity index (χ1n) is 6.21. The Kier molecular flexibility index (Phi) is 4.66. The predicted octanol–water partition coefficient (Wildman–Crippen LogP) is 1.75. The maximum atomic E-state index is 12.0. The highest BCUT2D eigenvalue weighted by Gasteiger charge is 2.21. The first-order valence-corrected chi connectivity index (χ1v) is 7.09. The number of rotatable bonds is 5. The van der Waals surface area contributed by atoms with E-state index in [0.29, 0.717) is 10.6 Å². The summed E-state index contributed by atoms with van der Waals surface area (Å²) in [5.74, 6) is -1.67. The van der Waals surface area contributed by atoms with Crippen molar-refractivity contribution in [3.63, 3.8) is 0 Å². The number of aromatic nitrogens is 1. The Morgan fingerprint density at radius 2 is 1.95 bits per heavy atom. The minimum atomic E-state index is -1.27. The van der Waals surface area contributed by atoms with Crippen molar-refractivity contribution in [1.82, 2.24) is 10.3 Å². The lowest BCUT2D eigenvalue weighted by molar-refractivity contribution is -0.130. The van der Waals surface area contributed by atoms with Crippen LogP contribution in [-0.2, 0) is 4.79 Å². The van der Waals surface area contributed by atoms with E-state index in [1.807, 2.05) is 0 Å². The van der Waals surface area contributed by atoms with Gasteiger partial charge in [-0.25, -0.2) is 9.78 Å². The monoisotopic (exact) mass is 306 g/mol. The molecule has 0 spiro atoms. The summed E-state index contributed by atoms with van der Waals surface area (Å²) in [6, 6.07) is 8.08. The van der Waals surface area contributed by atoms with Crippen molar-refractivity contribution in [1.29, 1.82) is 0 Å². The summed E-state index contributed by atoms with van der Waals surface area (Å²) in [5.41, 5.74) is 0.437. The van der Waals surface area contributed by atoms with Gasteiger partial charge in [0.25, 0.3) is 5.91 Å². The number of carbonyl (C=O) groups is 2. The molecule has 0 fully saturated rings. The molecule has 0 aliphatic rings. The number of hydrogen-bond donors (Lipinski definition) is 3. The average molecular weight is 306 g/mol. The maximum absolute atomic E-state index is 12.0. The molecule has 0 aliphatic heterocycles. The van der Waals surface area contributed by atoms with Crippen LogP contribution >= 0.6 is 11.3 Å². The largest absolute Gasteiger partial charge is 0.476 e. The van der Waals surface area contributed by atoms with Gasteiger partial charge in [-0.2, -0.15) is 0 Å². The number of benzene rings is 1. The number of amides is 1. The van der Waals surface area contributed by atoms with E-state index in [0.717, 1.165) is 11.3 Å². The summed E-state index contributed by atoms with van der Waals surface area (Å²) >= 11 is 1.15. The minimum Gasteiger partial charge on any atom is -0.476 e. The normalized spacial score (nSPS) is 13.4. The van der Waals surface area contributed by atoms with Gasteiger partial charge in [0.05, 0.1) is 6.04 Å². The van der Waals surface area contributed by atoms with Crippen LogP contribution < -0.4 is 5.32 Å². The number of carboxylic acids is 1. The molecule has 21 heavy (non-hydrogen) atoms. The summed E-state index contributed by atoms with van der Waals surface area (Å²) in [7, 11) is 0. The van der Waals surface area contributed by atoms with Crippen molar-refractivity contribution in [2.24, 2.45) is 0 Å². The third kappa shape index (κ3) is 3.65. The van der Waals surface area contributed by atoms with Crippen LogP contribution in [0.3, 0.4) is 0 Å². The SMILES string of the molecule is CC(NC(=O)C(O)c1ccccc1)c1nc(C(=O)O)cs1. The number of aliphatic hydroxyl groups excluding tert-OH is 1. The van der Waals surface area contributed by atoms with Crippen molar-refractivity contribution < 1.29 is 19.8 Å². The predicted molar refractivity (Wildman–Crippen MR) is 77.0 cm³/mol. The van der Waals surface area contributed by atoms with Crippen LogP contribution in [0.5, 0.6) is 0 Å². The molecule has 0 bridgehead atoms. The fourth-order valence-electron chi connectivity index (χ4n) is 1.73. The van der Waals surface area contributed by atoms with Gasteiger partial charge in [-0.15, -0.1) is 11.3 Å². The third-order valence-corrected chi connectivity index (χ3v) is 3.86. The lowest BCUT2D eigenvalue weighted by Gasteiger charge is -2.15. The highest BCUT2D eigenvalue weighted by Crippen LogP contribution is 2.20. The molecule has 7 heteroatoms. The first-order chi connectivity index (χ1) is 9.99. The zero-order valence-electron chi connectivity index (χ0n) is 11.2. The molecule has 1 aromatic heterocycles. The maximum Gasteiger partial charge on any atom is 0.355 e. The van der Waals surface area contributed by atoms with Gasteiger partial charge in [-0.3, -0.25) is 4.79 Å². The molecule has 0 aliphatic carbocycles. The molecule has 1 amide bonds. The number of hydrogen-bond acceptors (Lipinski definition) is 5. The number of nitrogens with zero attached hydrogens (tertiary/aromatic N) is 1. The summed E-state index contributed by atoms with van der Waals surface area (Å²) in [6.07, 6.45) is -1.27. The molecule has 6 nitrogen and oxygen atoms in total. The van der Waals surface area contributed by atoms with Gasteiger partial charge in [0, 0.05) is 5.38 Å². The van der Waals surface area contributed by atoms with Crippen molar-refractivity contribution in [3.05, 3.63) is 52.0 Å². The van der Waals surface area contributed by atoms with E-state index in [1.54, 1.807) is 37.3 Å². The minimum absolute atomic E-state index is 0.0558. The molecule has 0 saturated heterocycles. The highest BCUT2D eigenvalue weighted by molar-refractivity contribution is 7.09. The van der Waals surface area contributed by atoms with Crippen LogP contribution in [0.1, 0.15) is 40.1 Å². The summed E-state index contributed by atoms with van der Waals surface area (Å²) in [5, 5.41) is 23.3. The van der Waals surface area contributed by atoms with Crippen LogP contribution in [0, 0.1) is 0 Å². The number of nitrogens with one attached hydrogen (secondary N) is 1. The standard InChI is InChI=1S/C14H14N2O4S/c1-8(13-16-10(7-21-13)14(19)20)15-12(18)11(17)9-5-3-2-4-6-9/h2-8,11,17H,1H3,(H,15,18)(H,19,20). The second-order valence-electron chi connectivity index (χ2n) is 4.42. The number of carbonyl (C=O) groups excluding carboxylic acids is 1. The molecule has 2 atom stereocenters. The van der Waals surface area contributed by atoms with E-state index < -0.39 is 24.0 Å². The van der Waals surface area contributed by atoms with E-state index in [1.165, 1.54) is 5.38 Å². The summed E-state index contributed by atoms with van der Waals surface area (Å²) in [6.45, 7) is 1.68. The van der Waals surface area contributed by atoms with Crippen molar-refractivity contribution in [3.8, 4) is 0 Å². The fraction of sp³-hybridized carbons (Fsp3) is 0.214.